The maximum atomic E-state index is 6.14. The molecule has 0 aliphatic heterocycles. The summed E-state index contributed by atoms with van der Waals surface area (Å²) in [6.07, 6.45) is 9.27. The van der Waals surface area contributed by atoms with Gasteiger partial charge in [-0.3, -0.25) is 0 Å². The molecule has 2 heteroatoms. The van der Waals surface area contributed by atoms with E-state index in [9.17, 15) is 0 Å². The first-order chi connectivity index (χ1) is 9.34. The number of hydrogen-bond acceptors (Lipinski definition) is 2. The van der Waals surface area contributed by atoms with E-state index in [1.54, 1.807) is 0 Å². The normalized spacial score (nSPS) is 26.2. The summed E-state index contributed by atoms with van der Waals surface area (Å²) in [7, 11) is 0. The monoisotopic (exact) mass is 258 g/mol. The first kappa shape index (κ1) is 13.1. The maximum absolute atomic E-state index is 6.14. The minimum atomic E-state index is 0.0401. The van der Waals surface area contributed by atoms with Crippen molar-refractivity contribution in [2.45, 2.75) is 50.5 Å². The van der Waals surface area contributed by atoms with Gasteiger partial charge in [0, 0.05) is 6.54 Å². The summed E-state index contributed by atoms with van der Waals surface area (Å²) in [6, 6.07) is 8.85. The quantitative estimate of drug-likeness (QED) is 0.770. The Morgan fingerprint density at radius 1 is 1.26 bits per heavy atom. The van der Waals surface area contributed by atoms with Gasteiger partial charge in [0.1, 0.15) is 0 Å². The Bertz CT molecular complexity index is 425. The van der Waals surface area contributed by atoms with Crippen molar-refractivity contribution in [1.82, 2.24) is 5.32 Å². The molecule has 3 N–H and O–H groups in total. The fourth-order valence-corrected chi connectivity index (χ4v) is 3.51. The summed E-state index contributed by atoms with van der Waals surface area (Å²) in [5.74, 6) is 1.04. The Kier molecular flexibility index (Phi) is 3.90. The third kappa shape index (κ3) is 2.85. The van der Waals surface area contributed by atoms with Crippen molar-refractivity contribution in [3.05, 3.63) is 35.4 Å². The molecule has 3 rings (SSSR count). The van der Waals surface area contributed by atoms with Crippen LogP contribution in [0.4, 0.5) is 0 Å². The summed E-state index contributed by atoms with van der Waals surface area (Å²) in [6.45, 7) is 1.83. The van der Waals surface area contributed by atoms with Crippen LogP contribution in [0.3, 0.4) is 0 Å². The van der Waals surface area contributed by atoms with E-state index in [1.807, 2.05) is 0 Å². The molecule has 104 valence electrons. The van der Waals surface area contributed by atoms with Gasteiger partial charge in [-0.25, -0.2) is 0 Å². The molecule has 0 amide bonds. The Morgan fingerprint density at radius 2 is 2.11 bits per heavy atom. The molecular weight excluding hydrogens is 232 g/mol. The lowest BCUT2D eigenvalue weighted by Gasteiger charge is -2.39. The van der Waals surface area contributed by atoms with E-state index in [1.165, 1.54) is 56.1 Å². The van der Waals surface area contributed by atoms with Crippen LogP contribution in [-0.2, 0) is 12.0 Å². The maximum Gasteiger partial charge on any atom is 0.0561 e. The van der Waals surface area contributed by atoms with Crippen molar-refractivity contribution in [3.8, 4) is 0 Å². The second-order valence-electron chi connectivity index (χ2n) is 6.31. The topological polar surface area (TPSA) is 38.0 Å². The molecule has 0 radical (unpaired) electrons. The fourth-order valence-electron chi connectivity index (χ4n) is 3.51. The van der Waals surface area contributed by atoms with Gasteiger partial charge in [0.25, 0.3) is 0 Å². The minimum Gasteiger partial charge on any atom is -0.328 e. The van der Waals surface area contributed by atoms with E-state index in [-0.39, 0.29) is 5.54 Å². The van der Waals surface area contributed by atoms with Gasteiger partial charge in [0.05, 0.1) is 5.54 Å². The summed E-state index contributed by atoms with van der Waals surface area (Å²) < 4.78 is 0. The van der Waals surface area contributed by atoms with Crippen molar-refractivity contribution >= 4 is 0 Å². The van der Waals surface area contributed by atoms with Gasteiger partial charge in [-0.05, 0) is 55.7 Å². The molecule has 2 aliphatic rings. The molecule has 1 fully saturated rings. The SMILES string of the molecule is NCC1(NCCCC2CC2)CCCc2ccccc21. The highest BCUT2D eigenvalue weighted by Gasteiger charge is 2.34. The fraction of sp³-hybridized carbons (Fsp3) is 0.647. The van der Waals surface area contributed by atoms with E-state index in [2.05, 4.69) is 29.6 Å². The standard InChI is InChI=1S/C17H26N2/c18-13-17(19-12-4-5-14-9-10-14)11-3-7-15-6-1-2-8-16(15)17/h1-2,6,8,14,19H,3-5,7,9-13,18H2. The summed E-state index contributed by atoms with van der Waals surface area (Å²) in [5.41, 5.74) is 9.13. The zero-order valence-corrected chi connectivity index (χ0v) is 11.8. The Labute approximate surface area is 116 Å². The minimum absolute atomic E-state index is 0.0401. The molecule has 1 saturated carbocycles. The Hall–Kier alpha value is -0.860. The molecule has 1 aromatic rings. The molecule has 2 nitrogen and oxygen atoms in total. The van der Waals surface area contributed by atoms with Gasteiger partial charge < -0.3 is 11.1 Å². The largest absolute Gasteiger partial charge is 0.328 e. The van der Waals surface area contributed by atoms with Crippen LogP contribution in [0, 0.1) is 5.92 Å². The van der Waals surface area contributed by atoms with Crippen molar-refractivity contribution in [1.29, 1.82) is 0 Å². The van der Waals surface area contributed by atoms with Crippen LogP contribution in [0.2, 0.25) is 0 Å². The molecule has 0 spiro atoms. The molecule has 19 heavy (non-hydrogen) atoms. The third-order valence-corrected chi connectivity index (χ3v) is 4.88. The molecule has 0 aromatic heterocycles. The molecule has 1 unspecified atom stereocenters. The second-order valence-corrected chi connectivity index (χ2v) is 6.31. The zero-order valence-electron chi connectivity index (χ0n) is 11.8. The summed E-state index contributed by atoms with van der Waals surface area (Å²) in [4.78, 5) is 0. The highest BCUT2D eigenvalue weighted by atomic mass is 15.0. The molecule has 0 saturated heterocycles. The predicted octanol–water partition coefficient (Wildman–Crippen LogP) is 2.96. The van der Waals surface area contributed by atoms with Gasteiger partial charge in [-0.1, -0.05) is 37.1 Å². The van der Waals surface area contributed by atoms with Gasteiger partial charge in [-0.2, -0.15) is 0 Å². The predicted molar refractivity (Wildman–Crippen MR) is 80.1 cm³/mol. The van der Waals surface area contributed by atoms with Crippen molar-refractivity contribution in [2.75, 3.05) is 13.1 Å². The van der Waals surface area contributed by atoms with Crippen molar-refractivity contribution < 1.29 is 0 Å². The van der Waals surface area contributed by atoms with Crippen LogP contribution in [0.25, 0.3) is 0 Å². The zero-order chi connectivity index (χ0) is 13.1. The molecule has 0 bridgehead atoms. The Morgan fingerprint density at radius 3 is 2.89 bits per heavy atom. The van der Waals surface area contributed by atoms with Crippen LogP contribution in [0.5, 0.6) is 0 Å². The lowest BCUT2D eigenvalue weighted by atomic mass is 9.76. The van der Waals surface area contributed by atoms with Gasteiger partial charge in [0.2, 0.25) is 0 Å². The number of hydrogen-bond donors (Lipinski definition) is 2. The smallest absolute Gasteiger partial charge is 0.0561 e. The van der Waals surface area contributed by atoms with E-state index < -0.39 is 0 Å². The molecule has 2 aliphatic carbocycles. The van der Waals surface area contributed by atoms with E-state index >= 15 is 0 Å². The van der Waals surface area contributed by atoms with Gasteiger partial charge >= 0.3 is 0 Å². The number of fused-ring (bicyclic) bond motifs is 1. The average Bonchev–Trinajstić information content (AvgIpc) is 3.28. The van der Waals surface area contributed by atoms with E-state index in [4.69, 9.17) is 5.73 Å². The van der Waals surface area contributed by atoms with Crippen LogP contribution in [0.1, 0.15) is 49.7 Å². The first-order valence-corrected chi connectivity index (χ1v) is 7.87. The first-order valence-electron chi connectivity index (χ1n) is 7.87. The van der Waals surface area contributed by atoms with Crippen LogP contribution in [-0.4, -0.2) is 13.1 Å². The molecular formula is C17H26N2. The lowest BCUT2D eigenvalue weighted by Crippen LogP contribution is -2.50. The highest BCUT2D eigenvalue weighted by Crippen LogP contribution is 2.35. The number of aryl methyl sites for hydroxylation is 1. The van der Waals surface area contributed by atoms with Crippen molar-refractivity contribution in [3.63, 3.8) is 0 Å². The number of nitrogens with one attached hydrogen (secondary N) is 1. The lowest BCUT2D eigenvalue weighted by molar-refractivity contribution is 0.290. The second kappa shape index (κ2) is 5.64. The third-order valence-electron chi connectivity index (χ3n) is 4.88. The summed E-state index contributed by atoms with van der Waals surface area (Å²) >= 11 is 0. The van der Waals surface area contributed by atoms with E-state index in [0.29, 0.717) is 6.54 Å². The molecule has 0 heterocycles. The number of nitrogens with two attached hydrogens (primary N) is 1. The number of benzene rings is 1. The summed E-state index contributed by atoms with van der Waals surface area (Å²) in [5, 5.41) is 3.80. The van der Waals surface area contributed by atoms with Crippen LogP contribution >= 0.6 is 0 Å². The Balaban J connectivity index is 1.67. The molecule has 1 atom stereocenters. The highest BCUT2D eigenvalue weighted by molar-refractivity contribution is 5.36. The van der Waals surface area contributed by atoms with Gasteiger partial charge in [-0.15, -0.1) is 0 Å². The van der Waals surface area contributed by atoms with E-state index in [0.717, 1.165) is 12.5 Å². The van der Waals surface area contributed by atoms with Crippen molar-refractivity contribution in [2.24, 2.45) is 11.7 Å². The number of rotatable bonds is 6. The van der Waals surface area contributed by atoms with Crippen LogP contribution < -0.4 is 11.1 Å². The van der Waals surface area contributed by atoms with Gasteiger partial charge in [0.15, 0.2) is 0 Å². The molecule has 1 aromatic carbocycles. The van der Waals surface area contributed by atoms with Crippen LogP contribution in [0.15, 0.2) is 24.3 Å². The average molecular weight is 258 g/mol.